The number of fused-ring (bicyclic) bond motifs is 1. The van der Waals surface area contributed by atoms with Crippen molar-refractivity contribution in [2.45, 2.75) is 33.1 Å². The third-order valence-electron chi connectivity index (χ3n) is 6.26. The van der Waals surface area contributed by atoms with Crippen LogP contribution in [0.5, 0.6) is 0 Å². The summed E-state index contributed by atoms with van der Waals surface area (Å²) in [6.07, 6.45) is 1.00. The maximum atomic E-state index is 13.0. The molecule has 0 aromatic heterocycles. The molecule has 0 fully saturated rings. The Hall–Kier alpha value is -3.64. The van der Waals surface area contributed by atoms with E-state index in [2.05, 4.69) is 10.6 Å². The third-order valence-corrected chi connectivity index (χ3v) is 6.50. The van der Waals surface area contributed by atoms with Crippen LogP contribution in [0.4, 0.5) is 16.2 Å². The number of benzene rings is 3. The molecular weight excluding hydrogens is 452 g/mol. The van der Waals surface area contributed by atoms with E-state index in [9.17, 15) is 19.5 Å². The summed E-state index contributed by atoms with van der Waals surface area (Å²) in [6, 6.07) is 17.9. The molecule has 3 aromatic rings. The van der Waals surface area contributed by atoms with E-state index in [4.69, 9.17) is 11.6 Å². The van der Waals surface area contributed by atoms with Crippen LogP contribution in [0.15, 0.2) is 60.7 Å². The molecule has 3 aromatic carbocycles. The van der Waals surface area contributed by atoms with Crippen molar-refractivity contribution in [3.05, 3.63) is 82.4 Å². The van der Waals surface area contributed by atoms with Crippen LogP contribution in [0.2, 0.25) is 5.02 Å². The summed E-state index contributed by atoms with van der Waals surface area (Å²) >= 11 is 5.96. The Labute approximate surface area is 203 Å². The summed E-state index contributed by atoms with van der Waals surface area (Å²) in [6.45, 7) is 3.70. The number of rotatable bonds is 5. The van der Waals surface area contributed by atoms with E-state index in [1.54, 1.807) is 37.3 Å². The van der Waals surface area contributed by atoms with E-state index in [1.165, 1.54) is 0 Å². The molecule has 7 heteroatoms. The third kappa shape index (κ3) is 4.97. The molecule has 0 saturated heterocycles. The van der Waals surface area contributed by atoms with Crippen LogP contribution >= 0.6 is 11.6 Å². The normalized spacial score (nSPS) is 17.1. The number of anilines is 2. The van der Waals surface area contributed by atoms with Gasteiger partial charge in [0.2, 0.25) is 0 Å². The van der Waals surface area contributed by atoms with Gasteiger partial charge in [0.05, 0.1) is 6.42 Å². The average Bonchev–Trinajstić information content (AvgIpc) is 2.76. The second-order valence-electron chi connectivity index (χ2n) is 8.95. The van der Waals surface area contributed by atoms with E-state index < -0.39 is 11.4 Å². The van der Waals surface area contributed by atoms with Gasteiger partial charge in [0.15, 0.2) is 5.78 Å². The van der Waals surface area contributed by atoms with Gasteiger partial charge in [-0.1, -0.05) is 48.9 Å². The van der Waals surface area contributed by atoms with E-state index in [0.29, 0.717) is 34.8 Å². The maximum Gasteiger partial charge on any atom is 0.323 e. The number of carbonyl (C=O) groups excluding carboxylic acids is 2. The molecule has 0 heterocycles. The number of Topliss-reactive ketones (excluding diaryl/α,β-unsaturated/α-hetero) is 1. The van der Waals surface area contributed by atoms with Crippen LogP contribution in [-0.4, -0.2) is 22.9 Å². The second kappa shape index (κ2) is 9.31. The lowest BCUT2D eigenvalue weighted by Crippen LogP contribution is -2.35. The SMILES string of the molecule is Cc1cc(NC(=O)Nc2cccc(Cl)c2)ccc1-c1ccc2c(c1)CCC(C)(CC(=O)O)C2=O. The predicted octanol–water partition coefficient (Wildman–Crippen LogP) is 6.57. The number of urea groups is 1. The van der Waals surface area contributed by atoms with E-state index in [-0.39, 0.29) is 18.2 Å². The van der Waals surface area contributed by atoms with Crippen LogP contribution < -0.4 is 10.6 Å². The summed E-state index contributed by atoms with van der Waals surface area (Å²) in [7, 11) is 0. The van der Waals surface area contributed by atoms with Crippen LogP contribution in [0.25, 0.3) is 11.1 Å². The molecular formula is C27H25ClN2O4. The number of halogens is 1. The Balaban J connectivity index is 1.51. The van der Waals surface area contributed by atoms with Gasteiger partial charge >= 0.3 is 12.0 Å². The maximum absolute atomic E-state index is 13.0. The lowest BCUT2D eigenvalue weighted by atomic mass is 9.69. The lowest BCUT2D eigenvalue weighted by molar-refractivity contribution is -0.139. The Morgan fingerprint density at radius 3 is 2.38 bits per heavy atom. The Morgan fingerprint density at radius 2 is 1.71 bits per heavy atom. The minimum Gasteiger partial charge on any atom is -0.481 e. The van der Waals surface area contributed by atoms with Crippen LogP contribution in [-0.2, 0) is 11.2 Å². The monoisotopic (exact) mass is 476 g/mol. The second-order valence-corrected chi connectivity index (χ2v) is 9.39. The number of aryl methyl sites for hydroxylation is 2. The number of hydrogen-bond donors (Lipinski definition) is 3. The van der Waals surface area contributed by atoms with Crippen molar-refractivity contribution in [1.82, 2.24) is 0 Å². The van der Waals surface area contributed by atoms with Crippen molar-refractivity contribution in [3.63, 3.8) is 0 Å². The first-order valence-electron chi connectivity index (χ1n) is 11.0. The highest BCUT2D eigenvalue weighted by atomic mass is 35.5. The molecule has 0 bridgehead atoms. The summed E-state index contributed by atoms with van der Waals surface area (Å²) in [5, 5.41) is 15.3. The van der Waals surface area contributed by atoms with Gasteiger partial charge in [-0.15, -0.1) is 0 Å². The van der Waals surface area contributed by atoms with E-state index in [0.717, 1.165) is 22.3 Å². The standard InChI is InChI=1S/C27H25ClN2O4/c1-16-12-21(30-26(34)29-20-5-3-4-19(28)14-20)7-9-22(16)17-6-8-23-18(13-17)10-11-27(2,25(23)33)15-24(31)32/h3-9,12-14H,10-11,15H2,1-2H3,(H,31,32)(H2,29,30,34). The number of aliphatic carboxylic acids is 1. The molecule has 2 amide bonds. The summed E-state index contributed by atoms with van der Waals surface area (Å²) in [5.41, 5.74) is 4.86. The molecule has 0 spiro atoms. The van der Waals surface area contributed by atoms with Gasteiger partial charge in [0, 0.05) is 27.4 Å². The Bertz CT molecular complexity index is 1300. The zero-order chi connectivity index (χ0) is 24.5. The number of amides is 2. The molecule has 0 radical (unpaired) electrons. The highest BCUT2D eigenvalue weighted by Gasteiger charge is 2.40. The largest absolute Gasteiger partial charge is 0.481 e. The first-order valence-corrected chi connectivity index (χ1v) is 11.4. The van der Waals surface area contributed by atoms with Gasteiger partial charge in [0.1, 0.15) is 0 Å². The van der Waals surface area contributed by atoms with Gasteiger partial charge in [-0.2, -0.15) is 0 Å². The molecule has 0 saturated carbocycles. The van der Waals surface area contributed by atoms with Crippen molar-refractivity contribution in [3.8, 4) is 11.1 Å². The van der Waals surface area contributed by atoms with Crippen molar-refractivity contribution < 1.29 is 19.5 Å². The number of carboxylic acid groups (broad SMARTS) is 1. The van der Waals surface area contributed by atoms with Crippen molar-refractivity contribution in [2.75, 3.05) is 10.6 Å². The quantitative estimate of drug-likeness (QED) is 0.388. The molecule has 34 heavy (non-hydrogen) atoms. The zero-order valence-electron chi connectivity index (χ0n) is 18.9. The van der Waals surface area contributed by atoms with Gasteiger partial charge in [-0.25, -0.2) is 4.79 Å². The molecule has 1 aliphatic rings. The summed E-state index contributed by atoms with van der Waals surface area (Å²) < 4.78 is 0. The minimum absolute atomic E-state index is 0.107. The van der Waals surface area contributed by atoms with E-state index in [1.807, 2.05) is 37.3 Å². The highest BCUT2D eigenvalue weighted by Crippen LogP contribution is 2.39. The van der Waals surface area contributed by atoms with Crippen molar-refractivity contribution in [1.29, 1.82) is 0 Å². The lowest BCUT2D eigenvalue weighted by Gasteiger charge is -2.32. The van der Waals surface area contributed by atoms with Gasteiger partial charge in [0.25, 0.3) is 0 Å². The molecule has 1 atom stereocenters. The number of hydrogen-bond acceptors (Lipinski definition) is 3. The molecule has 1 aliphatic carbocycles. The molecule has 3 N–H and O–H groups in total. The number of nitrogens with one attached hydrogen (secondary N) is 2. The molecule has 1 unspecified atom stereocenters. The van der Waals surface area contributed by atoms with Gasteiger partial charge < -0.3 is 15.7 Å². The van der Waals surface area contributed by atoms with Crippen LogP contribution in [0.3, 0.4) is 0 Å². The van der Waals surface area contributed by atoms with Crippen LogP contribution in [0, 0.1) is 12.3 Å². The predicted molar refractivity (Wildman–Crippen MR) is 134 cm³/mol. The number of carbonyl (C=O) groups is 3. The number of carboxylic acids is 1. The van der Waals surface area contributed by atoms with E-state index >= 15 is 0 Å². The average molecular weight is 477 g/mol. The highest BCUT2D eigenvalue weighted by molar-refractivity contribution is 6.30. The fourth-order valence-corrected chi connectivity index (χ4v) is 4.66. The van der Waals surface area contributed by atoms with Crippen molar-refractivity contribution >= 4 is 40.8 Å². The fourth-order valence-electron chi connectivity index (χ4n) is 4.47. The topological polar surface area (TPSA) is 95.5 Å². The smallest absolute Gasteiger partial charge is 0.323 e. The fraction of sp³-hybridized carbons (Fsp3) is 0.222. The minimum atomic E-state index is -0.957. The zero-order valence-corrected chi connectivity index (χ0v) is 19.7. The Kier molecular flexibility index (Phi) is 6.44. The Morgan fingerprint density at radius 1 is 1.00 bits per heavy atom. The van der Waals surface area contributed by atoms with Crippen molar-refractivity contribution in [2.24, 2.45) is 5.41 Å². The number of ketones is 1. The first-order chi connectivity index (χ1) is 16.1. The first kappa shape index (κ1) is 23.5. The van der Waals surface area contributed by atoms with Gasteiger partial charge in [-0.3, -0.25) is 9.59 Å². The molecule has 6 nitrogen and oxygen atoms in total. The van der Waals surface area contributed by atoms with Gasteiger partial charge in [-0.05, 0) is 72.4 Å². The molecule has 4 rings (SSSR count). The van der Waals surface area contributed by atoms with Crippen LogP contribution in [0.1, 0.15) is 41.3 Å². The molecule has 0 aliphatic heterocycles. The molecule has 174 valence electrons. The summed E-state index contributed by atoms with van der Waals surface area (Å²) in [4.78, 5) is 36.5. The summed E-state index contributed by atoms with van der Waals surface area (Å²) in [5.74, 6) is -1.06.